The molecular weight excluding hydrogens is 272 g/mol. The van der Waals surface area contributed by atoms with Crippen molar-refractivity contribution in [2.75, 3.05) is 0 Å². The summed E-state index contributed by atoms with van der Waals surface area (Å²) in [4.78, 5) is 23.2. The van der Waals surface area contributed by atoms with Crippen molar-refractivity contribution < 1.29 is 24.5 Å². The van der Waals surface area contributed by atoms with E-state index < -0.39 is 11.9 Å². The van der Waals surface area contributed by atoms with E-state index in [1.54, 1.807) is 24.3 Å². The lowest BCUT2D eigenvalue weighted by atomic mass is 10.2. The molecule has 0 aliphatic carbocycles. The topological polar surface area (TPSA) is 83.8 Å². The molecule has 0 spiro atoms. The van der Waals surface area contributed by atoms with Crippen LogP contribution in [0.25, 0.3) is 6.08 Å². The molecule has 0 aromatic heterocycles. The summed E-state index contributed by atoms with van der Waals surface area (Å²) in [5.41, 5.74) is 0.587. The van der Waals surface area contributed by atoms with E-state index in [0.717, 1.165) is 6.08 Å². The molecule has 5 heteroatoms. The second-order valence-electron chi connectivity index (χ2n) is 4.15. The number of hydrogen-bond acceptors (Lipinski definition) is 5. The van der Waals surface area contributed by atoms with Crippen LogP contribution in [0.5, 0.6) is 11.5 Å². The van der Waals surface area contributed by atoms with Crippen LogP contribution in [-0.4, -0.2) is 22.2 Å². The first-order valence-electron chi connectivity index (χ1n) is 6.07. The van der Waals surface area contributed by atoms with Crippen molar-refractivity contribution in [1.29, 1.82) is 0 Å². The number of esters is 2. The number of rotatable bonds is 3. The lowest BCUT2D eigenvalue weighted by molar-refractivity contribution is -0.132. The normalized spacial score (nSPS) is 10.5. The molecule has 2 N–H and O–H groups in total. The van der Waals surface area contributed by atoms with Gasteiger partial charge in [-0.15, -0.1) is 0 Å². The van der Waals surface area contributed by atoms with Crippen molar-refractivity contribution in [2.45, 2.75) is 0 Å². The molecule has 0 atom stereocenters. The Morgan fingerprint density at radius 2 is 1.62 bits per heavy atom. The minimum absolute atomic E-state index is 0.0797. The number of hydrogen-bond donors (Lipinski definition) is 2. The number of phenols is 2. The third kappa shape index (κ3) is 3.94. The van der Waals surface area contributed by atoms with Gasteiger partial charge in [0.1, 0.15) is 17.1 Å². The molecule has 106 valence electrons. The van der Waals surface area contributed by atoms with Gasteiger partial charge in [-0.05, 0) is 35.9 Å². The summed E-state index contributed by atoms with van der Waals surface area (Å²) >= 11 is 0. The molecule has 5 nitrogen and oxygen atoms in total. The van der Waals surface area contributed by atoms with Crippen LogP contribution in [0, 0.1) is 0 Å². The summed E-state index contributed by atoms with van der Waals surface area (Å²) in [6.45, 7) is 0. The maximum Gasteiger partial charge on any atom is 0.349 e. The smallest absolute Gasteiger partial charge is 0.349 e. The Morgan fingerprint density at radius 1 is 0.952 bits per heavy atom. The Morgan fingerprint density at radius 3 is 2.29 bits per heavy atom. The highest BCUT2D eigenvalue weighted by Crippen LogP contribution is 2.16. The van der Waals surface area contributed by atoms with Crippen molar-refractivity contribution in [3.63, 3.8) is 0 Å². The van der Waals surface area contributed by atoms with Gasteiger partial charge in [-0.1, -0.05) is 24.3 Å². The van der Waals surface area contributed by atoms with Gasteiger partial charge < -0.3 is 14.9 Å². The molecule has 2 aromatic rings. The zero-order valence-corrected chi connectivity index (χ0v) is 10.9. The standard InChI is InChI=1S/C16H12O5/c17-12-8-5-11(6-9-12)7-10-15(19)21-16(20)13-3-1-2-4-14(13)18/h1-10,17-18H/b10-7+. The number of para-hydroxylation sites is 1. The van der Waals surface area contributed by atoms with Gasteiger partial charge in [0.05, 0.1) is 0 Å². The number of carbonyl (C=O) groups is 2. The molecule has 0 saturated heterocycles. The Bertz CT molecular complexity index is 686. The summed E-state index contributed by atoms with van der Waals surface area (Å²) in [6.07, 6.45) is 2.53. The minimum atomic E-state index is -0.923. The Labute approximate surface area is 120 Å². The van der Waals surface area contributed by atoms with Gasteiger partial charge >= 0.3 is 11.9 Å². The molecule has 0 radical (unpaired) electrons. The molecule has 2 aromatic carbocycles. The molecule has 0 unspecified atom stereocenters. The van der Waals surface area contributed by atoms with Crippen LogP contribution in [-0.2, 0) is 9.53 Å². The average Bonchev–Trinajstić information content (AvgIpc) is 2.47. The first-order valence-corrected chi connectivity index (χ1v) is 6.07. The van der Waals surface area contributed by atoms with Crippen molar-refractivity contribution in [2.24, 2.45) is 0 Å². The lowest BCUT2D eigenvalue weighted by Crippen LogP contribution is -2.10. The van der Waals surface area contributed by atoms with E-state index in [9.17, 15) is 14.7 Å². The molecule has 0 aliphatic rings. The Hall–Kier alpha value is -3.08. The molecule has 0 amide bonds. The summed E-state index contributed by atoms with van der Waals surface area (Å²) < 4.78 is 4.59. The van der Waals surface area contributed by atoms with Crippen LogP contribution in [0.2, 0.25) is 0 Å². The van der Waals surface area contributed by atoms with Crippen molar-refractivity contribution in [1.82, 2.24) is 0 Å². The second kappa shape index (κ2) is 6.38. The largest absolute Gasteiger partial charge is 0.508 e. The Kier molecular flexibility index (Phi) is 4.36. The monoisotopic (exact) mass is 284 g/mol. The number of ether oxygens (including phenoxy) is 1. The highest BCUT2D eigenvalue weighted by molar-refractivity contribution is 6.02. The zero-order valence-electron chi connectivity index (χ0n) is 10.9. The first-order chi connectivity index (χ1) is 10.1. The lowest BCUT2D eigenvalue weighted by Gasteiger charge is -2.02. The van der Waals surface area contributed by atoms with Crippen LogP contribution >= 0.6 is 0 Å². The van der Waals surface area contributed by atoms with Crippen molar-refractivity contribution >= 4 is 18.0 Å². The maximum atomic E-state index is 11.7. The molecule has 0 fully saturated rings. The van der Waals surface area contributed by atoms with Crippen LogP contribution in [0.3, 0.4) is 0 Å². The molecular formula is C16H12O5. The predicted octanol–water partition coefficient (Wildman–Crippen LogP) is 2.49. The second-order valence-corrected chi connectivity index (χ2v) is 4.15. The van der Waals surface area contributed by atoms with Gasteiger partial charge in [0, 0.05) is 6.08 Å². The highest BCUT2D eigenvalue weighted by Gasteiger charge is 2.14. The van der Waals surface area contributed by atoms with Crippen molar-refractivity contribution in [3.8, 4) is 11.5 Å². The summed E-state index contributed by atoms with van der Waals surface area (Å²) in [6, 6.07) is 11.9. The quantitative estimate of drug-likeness (QED) is 0.514. The molecule has 0 bridgehead atoms. The van der Waals surface area contributed by atoms with Crippen LogP contribution in [0.4, 0.5) is 0 Å². The van der Waals surface area contributed by atoms with Gasteiger partial charge in [0.15, 0.2) is 0 Å². The van der Waals surface area contributed by atoms with E-state index in [-0.39, 0.29) is 17.1 Å². The van der Waals surface area contributed by atoms with E-state index in [0.29, 0.717) is 5.56 Å². The molecule has 0 saturated carbocycles. The van der Waals surface area contributed by atoms with Crippen molar-refractivity contribution in [3.05, 3.63) is 65.7 Å². The fourth-order valence-electron chi connectivity index (χ4n) is 1.58. The van der Waals surface area contributed by atoms with Crippen LogP contribution in [0.1, 0.15) is 15.9 Å². The number of aromatic hydroxyl groups is 2. The zero-order chi connectivity index (χ0) is 15.2. The van der Waals surface area contributed by atoms with Gasteiger partial charge in [0.25, 0.3) is 0 Å². The van der Waals surface area contributed by atoms with E-state index in [1.807, 2.05) is 0 Å². The van der Waals surface area contributed by atoms with Crippen LogP contribution in [0.15, 0.2) is 54.6 Å². The molecule has 21 heavy (non-hydrogen) atoms. The van der Waals surface area contributed by atoms with Gasteiger partial charge in [0.2, 0.25) is 0 Å². The Balaban J connectivity index is 2.00. The highest BCUT2D eigenvalue weighted by atomic mass is 16.6. The van der Waals surface area contributed by atoms with Gasteiger partial charge in [-0.2, -0.15) is 0 Å². The average molecular weight is 284 g/mol. The fourth-order valence-corrected chi connectivity index (χ4v) is 1.58. The summed E-state index contributed by atoms with van der Waals surface area (Å²) in [5.74, 6) is -1.91. The predicted molar refractivity (Wildman–Crippen MR) is 75.7 cm³/mol. The third-order valence-corrected chi connectivity index (χ3v) is 2.62. The summed E-state index contributed by atoms with van der Waals surface area (Å²) in [7, 11) is 0. The van der Waals surface area contributed by atoms with Crippen LogP contribution < -0.4 is 0 Å². The van der Waals surface area contributed by atoms with Gasteiger partial charge in [-0.3, -0.25) is 0 Å². The SMILES string of the molecule is O=C(/C=C/c1ccc(O)cc1)OC(=O)c1ccccc1O. The van der Waals surface area contributed by atoms with E-state index in [2.05, 4.69) is 4.74 Å². The van der Waals surface area contributed by atoms with E-state index >= 15 is 0 Å². The minimum Gasteiger partial charge on any atom is -0.508 e. The van der Waals surface area contributed by atoms with E-state index in [1.165, 1.54) is 30.3 Å². The van der Waals surface area contributed by atoms with E-state index in [4.69, 9.17) is 5.11 Å². The molecule has 0 heterocycles. The number of benzene rings is 2. The molecule has 0 aliphatic heterocycles. The maximum absolute atomic E-state index is 11.7. The molecule has 2 rings (SSSR count). The summed E-state index contributed by atoms with van der Waals surface area (Å²) in [5, 5.41) is 18.6. The fraction of sp³-hybridized carbons (Fsp3) is 0. The number of carbonyl (C=O) groups excluding carboxylic acids is 2. The third-order valence-electron chi connectivity index (χ3n) is 2.62. The first kappa shape index (κ1) is 14.3. The number of phenolic OH excluding ortho intramolecular Hbond substituents is 2. The van der Waals surface area contributed by atoms with Gasteiger partial charge in [-0.25, -0.2) is 9.59 Å².